The Morgan fingerprint density at radius 2 is 1.17 bits per heavy atom. The summed E-state index contributed by atoms with van der Waals surface area (Å²) in [7, 11) is 13.3. The first-order valence-corrected chi connectivity index (χ1v) is 37.9. The van der Waals surface area contributed by atoms with Crippen molar-refractivity contribution in [1.82, 2.24) is 39.8 Å². The molecule has 0 spiro atoms. The molecule has 0 aliphatic carbocycles. The van der Waals surface area contributed by atoms with Crippen LogP contribution in [0, 0.1) is 41.4 Å². The third kappa shape index (κ3) is 21.4. The van der Waals surface area contributed by atoms with Crippen LogP contribution in [0.4, 0.5) is 11.6 Å². The molecule has 3 fully saturated rings. The number of pyridine rings is 2. The SMILES string of the molecule is CCC(C)[C@@H]1CC(=O)C2CCCN2C(=O)C(Cc2cccc(-c3ccnc(N(C)C)c3)c2)N(C)C(=O)C(Cc2ccccc2)NC(=O)[C@H](C(C)C)N(C)C(=O)[C@@H](C(C)CC)OC(=O)[C@H](C(C)(C)O)N(C)C(=O)[C@H](CC(C)C)CC(=O)[C@H](C(C)C)N(C)C1=O.CN(C)c1cc(B2OC(C)(C)C(C)(C)O2)ccn1. The molecule has 2 N–H and O–H groups in total. The average Bonchev–Trinajstić information content (AvgIpc) is 1.59. The Labute approximate surface area is 631 Å². The zero-order chi connectivity index (χ0) is 79.4. The van der Waals surface area contributed by atoms with Crippen molar-refractivity contribution < 1.29 is 62.3 Å². The van der Waals surface area contributed by atoms with Crippen molar-refractivity contribution in [2.45, 2.75) is 228 Å². The van der Waals surface area contributed by atoms with Crippen LogP contribution < -0.4 is 20.6 Å². The number of amides is 6. The number of Topliss-reactive ketones (excluding diaryl/α,β-unsaturated/α-hetero) is 2. The molecular weight excluding hydrogens is 1340 g/mol. The summed E-state index contributed by atoms with van der Waals surface area (Å²) in [4.78, 5) is 156. The number of hydrogen-bond acceptors (Lipinski definition) is 17. The van der Waals surface area contributed by atoms with Gasteiger partial charge in [-0.3, -0.25) is 38.4 Å². The van der Waals surface area contributed by atoms with Crippen LogP contribution in [0.5, 0.6) is 0 Å². The van der Waals surface area contributed by atoms with E-state index in [-0.39, 0.29) is 74.6 Å². The molecule has 5 heterocycles. The maximum absolute atomic E-state index is 15.8. The Balaban J connectivity index is 0.000000845. The molecule has 106 heavy (non-hydrogen) atoms. The monoisotopic (exact) mass is 1470 g/mol. The predicted molar refractivity (Wildman–Crippen MR) is 415 cm³/mol. The van der Waals surface area contributed by atoms with Gasteiger partial charge in [0.15, 0.2) is 23.7 Å². The van der Waals surface area contributed by atoms with Crippen molar-refractivity contribution in [3.05, 3.63) is 102 Å². The summed E-state index contributed by atoms with van der Waals surface area (Å²) in [5.74, 6) is -7.88. The second-order valence-electron chi connectivity index (χ2n) is 32.7. The number of rotatable bonds is 17. The highest BCUT2D eigenvalue weighted by atomic mass is 16.7. The molecule has 2 aromatic heterocycles. The van der Waals surface area contributed by atoms with Gasteiger partial charge in [-0.15, -0.1) is 0 Å². The second-order valence-corrected chi connectivity index (χ2v) is 32.7. The summed E-state index contributed by atoms with van der Waals surface area (Å²) in [5, 5.41) is 14.8. The zero-order valence-electron chi connectivity index (χ0n) is 67.8. The molecule has 6 amide bonds. The van der Waals surface area contributed by atoms with Crippen LogP contribution in [0.25, 0.3) is 11.1 Å². The number of hydrogen-bond donors (Lipinski definition) is 2. The number of cyclic esters (lactones) is 1. The largest absolute Gasteiger partial charge is 0.495 e. The highest BCUT2D eigenvalue weighted by Gasteiger charge is 2.53. The molecule has 3 saturated heterocycles. The minimum Gasteiger partial charge on any atom is -0.450 e. The number of likely N-dealkylation sites (N-methyl/N-ethyl adjacent to an activating group) is 4. The van der Waals surface area contributed by atoms with Crippen molar-refractivity contribution in [2.24, 2.45) is 41.4 Å². The van der Waals surface area contributed by atoms with Crippen LogP contribution in [-0.2, 0) is 70.0 Å². The third-order valence-corrected chi connectivity index (χ3v) is 21.8. The van der Waals surface area contributed by atoms with Gasteiger partial charge in [-0.2, -0.15) is 0 Å². The van der Waals surface area contributed by atoms with E-state index >= 15 is 28.8 Å². The minimum absolute atomic E-state index is 0.00264. The molecular formula is C82H123BN10O13. The average molecular weight is 1470 g/mol. The number of benzene rings is 2. The zero-order valence-corrected chi connectivity index (χ0v) is 67.8. The van der Waals surface area contributed by atoms with Gasteiger partial charge in [-0.05, 0) is 143 Å². The first kappa shape index (κ1) is 86.8. The lowest BCUT2D eigenvalue weighted by Crippen LogP contribution is -2.61. The highest BCUT2D eigenvalue weighted by Crippen LogP contribution is 2.38. The summed E-state index contributed by atoms with van der Waals surface area (Å²) in [6.07, 6.45) is 3.23. The van der Waals surface area contributed by atoms with Gasteiger partial charge in [0.25, 0.3) is 5.91 Å². The standard InChI is InChI=1S/C69H102N8O11.C13H21BN2O2/c1-19-44(9)51-40-55(78)53-30-25-33-77(53)66(84)54(37-47-28-24-29-48(35-47)49-31-32-70-57(39-49)72(13)14)73(15)65(83)52(36-46-26-22-21-23-27-46)71-62(80)59(43(7)8)75(17)67(85)60(45(10)20-2)88-68(86)61(69(11,12)87)76(18)63(81)50(34-41(3)4)38-56(79)58(42(5)6)74(16)64(51)82;1-12(2)13(3,4)18-14(17-12)10-7-8-15-11(9-10)16(5)6/h21-24,26-29,31-32,35,39,41-45,50-54,58-61,87H,19-20,25,30,33-34,36-38,40H2,1-18H3,(H,71,80);7-9H,1-6H3/t44?,45?,50-,51+,52?,53?,54?,58+,59+,60-,61-;/m1./s1. The Kier molecular flexibility index (Phi) is 30.4. The van der Waals surface area contributed by atoms with Gasteiger partial charge in [0.2, 0.25) is 29.5 Å². The normalized spacial score (nSPS) is 24.5. The summed E-state index contributed by atoms with van der Waals surface area (Å²) < 4.78 is 18.2. The first-order valence-electron chi connectivity index (χ1n) is 37.9. The van der Waals surface area contributed by atoms with E-state index in [2.05, 4.69) is 43.0 Å². The van der Waals surface area contributed by atoms with Gasteiger partial charge in [0, 0.05) is 119 Å². The van der Waals surface area contributed by atoms with Gasteiger partial charge in [-0.25, -0.2) is 14.8 Å². The number of aromatic nitrogens is 2. The summed E-state index contributed by atoms with van der Waals surface area (Å²) in [6.45, 7) is 29.3. The number of ether oxygens (including phenoxy) is 1. The maximum atomic E-state index is 15.8. The Morgan fingerprint density at radius 1 is 0.613 bits per heavy atom. The van der Waals surface area contributed by atoms with E-state index in [0.29, 0.717) is 36.8 Å². The Morgan fingerprint density at radius 3 is 1.73 bits per heavy atom. The summed E-state index contributed by atoms with van der Waals surface area (Å²) in [5.41, 5.74) is 1.55. The second kappa shape index (κ2) is 37.2. The molecule has 3 aliphatic heterocycles. The van der Waals surface area contributed by atoms with Crippen molar-refractivity contribution in [1.29, 1.82) is 0 Å². The number of nitrogens with one attached hydrogen (secondary N) is 1. The fourth-order valence-electron chi connectivity index (χ4n) is 14.6. The molecule has 7 rings (SSSR count). The molecule has 2 aromatic carbocycles. The van der Waals surface area contributed by atoms with Crippen LogP contribution in [0.2, 0.25) is 0 Å². The van der Waals surface area contributed by atoms with E-state index in [4.69, 9.17) is 14.0 Å². The summed E-state index contributed by atoms with van der Waals surface area (Å²) in [6, 6.07) is 17.1. The van der Waals surface area contributed by atoms with Crippen LogP contribution in [0.3, 0.4) is 0 Å². The van der Waals surface area contributed by atoms with E-state index in [1.807, 2.05) is 158 Å². The molecule has 5 unspecified atom stereocenters. The van der Waals surface area contributed by atoms with E-state index in [0.717, 1.165) is 33.1 Å². The molecule has 11 atom stereocenters. The first-order chi connectivity index (χ1) is 49.5. The maximum Gasteiger partial charge on any atom is 0.495 e. The number of nitrogens with zero attached hydrogens (tertiary/aromatic N) is 9. The van der Waals surface area contributed by atoms with Gasteiger partial charge in [-0.1, -0.05) is 130 Å². The highest BCUT2D eigenvalue weighted by molar-refractivity contribution is 6.62. The van der Waals surface area contributed by atoms with Gasteiger partial charge >= 0.3 is 13.1 Å². The van der Waals surface area contributed by atoms with E-state index < -0.39 is 125 Å². The molecule has 0 bridgehead atoms. The van der Waals surface area contributed by atoms with Crippen molar-refractivity contribution in [2.75, 3.05) is 72.7 Å². The number of esters is 1. The van der Waals surface area contributed by atoms with Crippen LogP contribution in [-0.4, -0.2) is 222 Å². The third-order valence-electron chi connectivity index (χ3n) is 21.8. The Hall–Kier alpha value is -8.09. The van der Waals surface area contributed by atoms with Crippen LogP contribution >= 0.6 is 0 Å². The van der Waals surface area contributed by atoms with E-state index in [1.165, 1.54) is 54.6 Å². The molecule has 4 aromatic rings. The Bertz CT molecular complexity index is 3670. The lowest BCUT2D eigenvalue weighted by Gasteiger charge is -2.39. The molecule has 24 heteroatoms. The molecule has 3 aliphatic rings. The number of carbonyl (C=O) groups excluding carboxylic acids is 9. The predicted octanol–water partition coefficient (Wildman–Crippen LogP) is 9.13. The van der Waals surface area contributed by atoms with Crippen LogP contribution in [0.1, 0.15) is 167 Å². The van der Waals surface area contributed by atoms with Crippen molar-refractivity contribution >= 4 is 77.2 Å². The van der Waals surface area contributed by atoms with Crippen LogP contribution in [0.15, 0.2) is 91.3 Å². The lowest BCUT2D eigenvalue weighted by atomic mass is 9.80. The number of aliphatic hydroxyl groups is 1. The lowest BCUT2D eigenvalue weighted by molar-refractivity contribution is -0.178. The number of carbonyl (C=O) groups is 9. The van der Waals surface area contributed by atoms with Gasteiger partial charge < -0.3 is 58.8 Å². The van der Waals surface area contributed by atoms with Gasteiger partial charge in [0.1, 0.15) is 29.8 Å². The smallest absolute Gasteiger partial charge is 0.450 e. The topological polar surface area (TPSA) is 262 Å². The number of anilines is 2. The molecule has 0 radical (unpaired) electrons. The number of ketones is 2. The fourth-order valence-corrected chi connectivity index (χ4v) is 14.6. The van der Waals surface area contributed by atoms with E-state index in [9.17, 15) is 19.5 Å². The van der Waals surface area contributed by atoms with Gasteiger partial charge in [0.05, 0.1) is 28.9 Å². The van der Waals surface area contributed by atoms with E-state index in [1.54, 1.807) is 47.1 Å². The van der Waals surface area contributed by atoms with Crippen molar-refractivity contribution in [3.63, 3.8) is 0 Å². The molecule has 23 nitrogen and oxygen atoms in total. The van der Waals surface area contributed by atoms with Crippen molar-refractivity contribution in [3.8, 4) is 11.1 Å². The number of fused-ring (bicyclic) bond motifs is 1. The minimum atomic E-state index is -1.95. The quantitative estimate of drug-likeness (QED) is 0.0737. The fraction of sp³-hybridized carbons (Fsp3) is 0.622. The summed E-state index contributed by atoms with van der Waals surface area (Å²) >= 11 is 0. The molecule has 0 saturated carbocycles. The molecule has 582 valence electrons.